The third kappa shape index (κ3) is 7.48. The number of rotatable bonds is 11. The van der Waals surface area contributed by atoms with Gasteiger partial charge in [-0.1, -0.05) is 36.8 Å². The number of hydrazone groups is 1. The van der Waals surface area contributed by atoms with Crippen molar-refractivity contribution in [2.45, 2.75) is 44.6 Å². The first kappa shape index (κ1) is 25.0. The lowest BCUT2D eigenvalue weighted by atomic mass is 10.0. The molecule has 2 aromatic rings. The van der Waals surface area contributed by atoms with E-state index in [9.17, 15) is 19.7 Å². The van der Waals surface area contributed by atoms with Gasteiger partial charge in [0.2, 0.25) is 0 Å². The number of nitrogens with zero attached hydrogens (tertiary/aromatic N) is 3. The van der Waals surface area contributed by atoms with Gasteiger partial charge >= 0.3 is 0 Å². The van der Waals surface area contributed by atoms with Crippen LogP contribution in [-0.2, 0) is 4.79 Å². The molecule has 1 aliphatic rings. The Morgan fingerprint density at radius 2 is 1.74 bits per heavy atom. The van der Waals surface area contributed by atoms with E-state index in [4.69, 9.17) is 0 Å². The van der Waals surface area contributed by atoms with Crippen molar-refractivity contribution in [3.05, 3.63) is 75.8 Å². The van der Waals surface area contributed by atoms with E-state index < -0.39 is 4.92 Å². The van der Waals surface area contributed by atoms with E-state index in [0.717, 1.165) is 45.2 Å². The van der Waals surface area contributed by atoms with Crippen LogP contribution < -0.4 is 10.7 Å². The van der Waals surface area contributed by atoms with Gasteiger partial charge in [0, 0.05) is 18.2 Å². The van der Waals surface area contributed by atoms with E-state index in [1.807, 2.05) is 18.2 Å². The SMILES string of the molecule is O=C(NCCCCC(C(=O)NN=Cc1ccccc1[N+](=O)[O-])N1CCCCC1)c1ccccc1. The molecule has 9 heteroatoms. The Kier molecular flexibility index (Phi) is 9.72. The van der Waals surface area contributed by atoms with Crippen LogP contribution in [0.15, 0.2) is 59.7 Å². The third-order valence-corrected chi connectivity index (χ3v) is 5.87. The third-order valence-electron chi connectivity index (χ3n) is 5.87. The molecule has 0 saturated carbocycles. The van der Waals surface area contributed by atoms with Gasteiger partial charge < -0.3 is 5.32 Å². The molecule has 0 bridgehead atoms. The first-order chi connectivity index (χ1) is 16.6. The molecule has 1 unspecified atom stereocenters. The van der Waals surface area contributed by atoms with E-state index in [1.165, 1.54) is 12.3 Å². The van der Waals surface area contributed by atoms with Gasteiger partial charge in [-0.25, -0.2) is 5.43 Å². The van der Waals surface area contributed by atoms with Crippen LogP contribution in [0.4, 0.5) is 5.69 Å². The average Bonchev–Trinajstić information content (AvgIpc) is 2.87. The molecular weight excluding hydrogens is 434 g/mol. The smallest absolute Gasteiger partial charge is 0.278 e. The molecule has 0 radical (unpaired) electrons. The minimum absolute atomic E-state index is 0.0642. The summed E-state index contributed by atoms with van der Waals surface area (Å²) in [7, 11) is 0. The summed E-state index contributed by atoms with van der Waals surface area (Å²) in [5.41, 5.74) is 3.47. The molecule has 0 aromatic heterocycles. The van der Waals surface area contributed by atoms with Crippen LogP contribution in [0, 0.1) is 10.1 Å². The van der Waals surface area contributed by atoms with Crippen LogP contribution in [0.5, 0.6) is 0 Å². The number of nitro benzene ring substituents is 1. The first-order valence-corrected chi connectivity index (χ1v) is 11.7. The topological polar surface area (TPSA) is 117 Å². The highest BCUT2D eigenvalue weighted by molar-refractivity contribution is 5.94. The van der Waals surface area contributed by atoms with Crippen LogP contribution >= 0.6 is 0 Å². The summed E-state index contributed by atoms with van der Waals surface area (Å²) in [6.45, 7) is 2.26. The highest BCUT2D eigenvalue weighted by atomic mass is 16.6. The number of para-hydroxylation sites is 1. The summed E-state index contributed by atoms with van der Waals surface area (Å²) in [6, 6.07) is 15.0. The largest absolute Gasteiger partial charge is 0.352 e. The van der Waals surface area contributed by atoms with Gasteiger partial charge in [0.25, 0.3) is 17.5 Å². The monoisotopic (exact) mass is 465 g/mol. The van der Waals surface area contributed by atoms with E-state index in [1.54, 1.807) is 30.3 Å². The summed E-state index contributed by atoms with van der Waals surface area (Å²) in [5.74, 6) is -0.319. The van der Waals surface area contributed by atoms with E-state index in [2.05, 4.69) is 20.7 Å². The second kappa shape index (κ2) is 13.2. The van der Waals surface area contributed by atoms with Crippen molar-refractivity contribution < 1.29 is 14.5 Å². The fourth-order valence-corrected chi connectivity index (χ4v) is 4.07. The van der Waals surface area contributed by atoms with Crippen LogP contribution in [0.25, 0.3) is 0 Å². The Hall–Kier alpha value is -3.59. The summed E-state index contributed by atoms with van der Waals surface area (Å²) >= 11 is 0. The number of nitrogens with one attached hydrogen (secondary N) is 2. The maximum atomic E-state index is 12.9. The molecule has 2 amide bonds. The highest BCUT2D eigenvalue weighted by Gasteiger charge is 2.26. The van der Waals surface area contributed by atoms with Crippen molar-refractivity contribution >= 4 is 23.7 Å². The van der Waals surface area contributed by atoms with Gasteiger partial charge in [-0.2, -0.15) is 5.10 Å². The molecule has 1 aliphatic heterocycles. The molecule has 0 aliphatic carbocycles. The maximum Gasteiger partial charge on any atom is 0.278 e. The molecule has 1 saturated heterocycles. The molecular formula is C25H31N5O4. The second-order valence-corrected chi connectivity index (χ2v) is 8.28. The van der Waals surface area contributed by atoms with Crippen molar-refractivity contribution in [3.8, 4) is 0 Å². The van der Waals surface area contributed by atoms with Gasteiger partial charge in [-0.15, -0.1) is 0 Å². The number of hydrogen-bond acceptors (Lipinski definition) is 6. The summed E-state index contributed by atoms with van der Waals surface area (Å²) < 4.78 is 0. The highest BCUT2D eigenvalue weighted by Crippen LogP contribution is 2.17. The van der Waals surface area contributed by atoms with E-state index in [0.29, 0.717) is 24.1 Å². The van der Waals surface area contributed by atoms with Gasteiger partial charge in [0.05, 0.1) is 22.7 Å². The summed E-state index contributed by atoms with van der Waals surface area (Å²) in [5, 5.41) is 18.1. The van der Waals surface area contributed by atoms with Crippen LogP contribution in [0.1, 0.15) is 54.4 Å². The molecule has 0 spiro atoms. The van der Waals surface area contributed by atoms with Crippen LogP contribution in [0.2, 0.25) is 0 Å². The lowest BCUT2D eigenvalue weighted by molar-refractivity contribution is -0.385. The number of carbonyl (C=O) groups is 2. The molecule has 2 N–H and O–H groups in total. The lowest BCUT2D eigenvalue weighted by Crippen LogP contribution is -2.47. The van der Waals surface area contributed by atoms with Crippen molar-refractivity contribution in [2.24, 2.45) is 5.10 Å². The Morgan fingerprint density at radius 1 is 1.03 bits per heavy atom. The zero-order valence-electron chi connectivity index (χ0n) is 19.2. The standard InChI is InChI=1S/C25H31N5O4/c31-24(20-11-3-1-4-12-20)26-16-8-7-15-23(29-17-9-2-10-18-29)25(32)28-27-19-21-13-5-6-14-22(21)30(33)34/h1,3-6,11-14,19,23H,2,7-10,15-18H2,(H,26,31)(H,28,32). The number of hydrogen-bond donors (Lipinski definition) is 2. The summed E-state index contributed by atoms with van der Waals surface area (Å²) in [4.78, 5) is 38.0. The number of likely N-dealkylation sites (tertiary alicyclic amines) is 1. The van der Waals surface area contributed by atoms with E-state index >= 15 is 0 Å². The fourth-order valence-electron chi connectivity index (χ4n) is 4.07. The van der Waals surface area contributed by atoms with Gasteiger partial charge in [0.15, 0.2) is 0 Å². The Labute approximate surface area is 199 Å². The van der Waals surface area contributed by atoms with Gasteiger partial charge in [-0.3, -0.25) is 24.6 Å². The Bertz CT molecular complexity index is 990. The number of amides is 2. The minimum atomic E-state index is -0.476. The molecule has 3 rings (SSSR count). The normalized spacial score (nSPS) is 15.1. The van der Waals surface area contributed by atoms with Gasteiger partial charge in [0.1, 0.15) is 0 Å². The second-order valence-electron chi connectivity index (χ2n) is 8.28. The first-order valence-electron chi connectivity index (χ1n) is 11.7. The maximum absolute atomic E-state index is 12.9. The number of unbranched alkanes of at least 4 members (excludes halogenated alkanes) is 1. The zero-order chi connectivity index (χ0) is 24.2. The molecule has 34 heavy (non-hydrogen) atoms. The van der Waals surface area contributed by atoms with Crippen LogP contribution in [-0.4, -0.2) is 53.5 Å². The quantitative estimate of drug-likeness (QED) is 0.228. The van der Waals surface area contributed by atoms with Gasteiger partial charge in [-0.05, 0) is 63.4 Å². The summed E-state index contributed by atoms with van der Waals surface area (Å²) in [6.07, 6.45) is 6.75. The molecule has 9 nitrogen and oxygen atoms in total. The predicted molar refractivity (Wildman–Crippen MR) is 131 cm³/mol. The van der Waals surface area contributed by atoms with Crippen molar-refractivity contribution in [3.63, 3.8) is 0 Å². The number of carbonyl (C=O) groups excluding carboxylic acids is 2. The average molecular weight is 466 g/mol. The molecule has 1 fully saturated rings. The predicted octanol–water partition coefficient (Wildman–Crippen LogP) is 3.50. The Balaban J connectivity index is 1.52. The Morgan fingerprint density at radius 3 is 2.47 bits per heavy atom. The minimum Gasteiger partial charge on any atom is -0.352 e. The van der Waals surface area contributed by atoms with Crippen molar-refractivity contribution in [2.75, 3.05) is 19.6 Å². The number of piperidine rings is 1. The van der Waals surface area contributed by atoms with Crippen LogP contribution in [0.3, 0.4) is 0 Å². The van der Waals surface area contributed by atoms with Crippen molar-refractivity contribution in [1.29, 1.82) is 0 Å². The number of benzene rings is 2. The molecule has 2 aromatic carbocycles. The van der Waals surface area contributed by atoms with Crippen molar-refractivity contribution in [1.82, 2.24) is 15.6 Å². The number of nitro groups is 1. The fraction of sp³-hybridized carbons (Fsp3) is 0.400. The van der Waals surface area contributed by atoms with E-state index in [-0.39, 0.29) is 23.5 Å². The molecule has 1 heterocycles. The zero-order valence-corrected chi connectivity index (χ0v) is 19.2. The molecule has 180 valence electrons. The molecule has 1 atom stereocenters. The lowest BCUT2D eigenvalue weighted by Gasteiger charge is -2.33.